The Morgan fingerprint density at radius 2 is 1.65 bits per heavy atom. The maximum absolute atomic E-state index is 13.8. The van der Waals surface area contributed by atoms with Gasteiger partial charge in [-0.3, -0.25) is 16.2 Å². The van der Waals surface area contributed by atoms with Crippen molar-refractivity contribution in [3.8, 4) is 0 Å². The molecular formula is C10H12F4N7O3PS. The van der Waals surface area contributed by atoms with Gasteiger partial charge in [0, 0.05) is 19.0 Å². The van der Waals surface area contributed by atoms with Gasteiger partial charge in [0.2, 0.25) is 6.57 Å². The lowest BCUT2D eigenvalue weighted by Crippen LogP contribution is -2.36. The lowest BCUT2D eigenvalue weighted by atomic mass is 10.1. The van der Waals surface area contributed by atoms with E-state index in [1.54, 1.807) is 0 Å². The molecule has 1 aromatic rings. The minimum absolute atomic E-state index is 0.922. The average Bonchev–Trinajstić information content (AvgIpc) is 2.56. The summed E-state index contributed by atoms with van der Waals surface area (Å²) < 4.78 is 66.2. The van der Waals surface area contributed by atoms with Gasteiger partial charge in [0.25, 0.3) is 0 Å². The first kappa shape index (κ1) is 22.2. The highest BCUT2D eigenvalue weighted by Gasteiger charge is 2.31. The maximum Gasteiger partial charge on any atom is 0.346 e. The van der Waals surface area contributed by atoms with E-state index in [1.165, 1.54) is 14.1 Å². The average molecular weight is 417 g/mol. The molecule has 0 spiro atoms. The second kappa shape index (κ2) is 8.70. The first-order valence-electron chi connectivity index (χ1n) is 6.29. The van der Waals surface area contributed by atoms with Crippen LogP contribution in [-0.4, -0.2) is 36.4 Å². The number of hydrogen-bond acceptors (Lipinski definition) is 7. The van der Waals surface area contributed by atoms with Gasteiger partial charge in [0.1, 0.15) is 11.3 Å². The van der Waals surface area contributed by atoms with Crippen molar-refractivity contribution in [1.29, 1.82) is 0 Å². The van der Waals surface area contributed by atoms with Crippen LogP contribution in [0.3, 0.4) is 0 Å². The van der Waals surface area contributed by atoms with Gasteiger partial charge in [-0.2, -0.15) is 9.56 Å². The van der Waals surface area contributed by atoms with Crippen molar-refractivity contribution in [2.24, 2.45) is 16.8 Å². The van der Waals surface area contributed by atoms with Crippen molar-refractivity contribution >= 4 is 30.0 Å². The molecule has 26 heavy (non-hydrogen) atoms. The molecule has 0 atom stereocenters. The molecule has 10 nitrogen and oxygen atoms in total. The first-order valence-corrected chi connectivity index (χ1v) is 8.92. The lowest BCUT2D eigenvalue weighted by molar-refractivity contribution is 0.0132. The van der Waals surface area contributed by atoms with E-state index in [0.717, 1.165) is 9.56 Å². The molecule has 144 valence electrons. The molecule has 0 aliphatic rings. The quantitative estimate of drug-likeness (QED) is 0.0656. The monoisotopic (exact) mass is 417 g/mol. The number of ether oxygens (including phenoxy) is 1. The van der Waals surface area contributed by atoms with Crippen molar-refractivity contribution in [3.05, 3.63) is 39.3 Å². The zero-order valence-electron chi connectivity index (χ0n) is 13.2. The first-order chi connectivity index (χ1) is 12.0. The van der Waals surface area contributed by atoms with E-state index in [-0.39, 0.29) is 0 Å². The summed E-state index contributed by atoms with van der Waals surface area (Å²) in [5, 5.41) is 2.49. The Balaban J connectivity index is 3.09. The summed E-state index contributed by atoms with van der Waals surface area (Å²) in [6, 6.07) is 0. The smallest absolute Gasteiger partial charge is 0.346 e. The fourth-order valence-corrected chi connectivity index (χ4v) is 2.69. The number of carbonyl (C=O) groups is 1. The summed E-state index contributed by atoms with van der Waals surface area (Å²) in [5.74, 6) is 0.780. The van der Waals surface area contributed by atoms with Crippen molar-refractivity contribution in [3.63, 3.8) is 0 Å². The molecule has 0 fully saturated rings. The fraction of sp³-hybridized carbons (Fsp3) is 0.300. The Morgan fingerprint density at radius 1 is 1.19 bits per heavy atom. The maximum atomic E-state index is 13.8. The highest BCUT2D eigenvalue weighted by atomic mass is 32.5. The van der Waals surface area contributed by atoms with Gasteiger partial charge in [-0.1, -0.05) is 5.11 Å². The topological polar surface area (TPSA) is 143 Å². The van der Waals surface area contributed by atoms with Crippen molar-refractivity contribution in [1.82, 2.24) is 9.56 Å². The fourth-order valence-electron chi connectivity index (χ4n) is 1.56. The molecule has 0 saturated heterocycles. The van der Waals surface area contributed by atoms with E-state index in [9.17, 15) is 22.4 Å². The molecule has 0 amide bonds. The zero-order valence-corrected chi connectivity index (χ0v) is 14.9. The molecule has 0 heterocycles. The zero-order chi connectivity index (χ0) is 20.2. The highest BCUT2D eigenvalue weighted by molar-refractivity contribution is 8.09. The Kier molecular flexibility index (Phi) is 7.44. The number of azide groups is 1. The van der Waals surface area contributed by atoms with Crippen LogP contribution in [-0.2, 0) is 21.1 Å². The second-order valence-corrected chi connectivity index (χ2v) is 8.41. The van der Waals surface area contributed by atoms with Gasteiger partial charge in [-0.25, -0.2) is 22.4 Å². The molecular weight excluding hydrogens is 405 g/mol. The molecule has 16 heteroatoms. The summed E-state index contributed by atoms with van der Waals surface area (Å²) in [5.41, 5.74) is 4.89. The number of esters is 1. The molecule has 0 aliphatic carbocycles. The predicted octanol–water partition coefficient (Wildman–Crippen LogP) is 2.15. The van der Waals surface area contributed by atoms with Crippen LogP contribution >= 0.6 is 6.57 Å². The van der Waals surface area contributed by atoms with Gasteiger partial charge < -0.3 is 4.74 Å². The minimum Gasteiger partial charge on any atom is -0.434 e. The summed E-state index contributed by atoms with van der Waals surface area (Å²) in [6.07, 6.45) is 0. The van der Waals surface area contributed by atoms with E-state index < -0.39 is 53.8 Å². The predicted molar refractivity (Wildman–Crippen MR) is 84.6 cm³/mol. The third kappa shape index (κ3) is 4.28. The van der Waals surface area contributed by atoms with Crippen LogP contribution < -0.4 is 11.7 Å². The van der Waals surface area contributed by atoms with E-state index in [2.05, 4.69) is 9.85 Å². The number of nitrogens with two attached hydrogens (primary N) is 2. The molecule has 0 aromatic heterocycles. The molecule has 0 bridgehead atoms. The van der Waals surface area contributed by atoms with Crippen LogP contribution in [0.25, 0.3) is 10.4 Å². The van der Waals surface area contributed by atoms with Gasteiger partial charge in [-0.15, -0.1) is 0 Å². The summed E-state index contributed by atoms with van der Waals surface area (Å²) >= 11 is 5.04. The normalized spacial score (nSPS) is 11.6. The Bertz CT molecular complexity index is 777. The Morgan fingerprint density at radius 3 is 2.04 bits per heavy atom. The standard InChI is InChI=1S/C10H12F4N7O3PS/c1-20(16)25(26,21(2)17)24-3-23-10(22)4-5(11)7(13)9(18-19-15)8(14)6(4)12/h3,16-17H2,1-2H3. The van der Waals surface area contributed by atoms with Gasteiger partial charge >= 0.3 is 5.97 Å². The van der Waals surface area contributed by atoms with Gasteiger partial charge in [-0.05, 0) is 17.3 Å². The van der Waals surface area contributed by atoms with Crippen LogP contribution in [0.1, 0.15) is 10.4 Å². The number of carbonyl (C=O) groups excluding carboxylic acids is 1. The van der Waals surface area contributed by atoms with Crippen LogP contribution in [0.5, 0.6) is 0 Å². The Labute approximate surface area is 149 Å². The molecule has 0 radical (unpaired) electrons. The molecule has 0 saturated carbocycles. The van der Waals surface area contributed by atoms with Crippen LogP contribution in [0.2, 0.25) is 0 Å². The van der Waals surface area contributed by atoms with Crippen LogP contribution in [0.15, 0.2) is 5.11 Å². The van der Waals surface area contributed by atoms with Gasteiger partial charge in [0.05, 0.1) is 0 Å². The van der Waals surface area contributed by atoms with E-state index >= 15 is 0 Å². The van der Waals surface area contributed by atoms with Crippen molar-refractivity contribution in [2.75, 3.05) is 20.9 Å². The molecule has 4 N–H and O–H groups in total. The summed E-state index contributed by atoms with van der Waals surface area (Å²) in [4.78, 5) is 13.8. The number of benzene rings is 1. The second-order valence-electron chi connectivity index (χ2n) is 4.49. The number of hydrogen-bond donors (Lipinski definition) is 2. The molecule has 0 unspecified atom stereocenters. The largest absolute Gasteiger partial charge is 0.434 e. The van der Waals surface area contributed by atoms with E-state index in [0.29, 0.717) is 0 Å². The van der Waals surface area contributed by atoms with Crippen LogP contribution in [0, 0.1) is 23.3 Å². The third-order valence-corrected chi connectivity index (χ3v) is 6.70. The third-order valence-electron chi connectivity index (χ3n) is 2.80. The lowest BCUT2D eigenvalue weighted by Gasteiger charge is -2.32. The summed E-state index contributed by atoms with van der Waals surface area (Å²) in [6.45, 7) is -4.16. The van der Waals surface area contributed by atoms with Gasteiger partial charge in [0.15, 0.2) is 30.1 Å². The SMILES string of the molecule is CN(N)P(=S)(OCOC(=O)c1c(F)c(F)c(N=[N+]=[N-])c(F)c1F)N(C)N. The van der Waals surface area contributed by atoms with E-state index in [4.69, 9.17) is 33.5 Å². The number of hydrazine groups is 2. The number of rotatable bonds is 7. The molecule has 1 aromatic carbocycles. The highest BCUT2D eigenvalue weighted by Crippen LogP contribution is 2.48. The summed E-state index contributed by atoms with van der Waals surface area (Å²) in [7, 11) is 2.62. The Hall–Kier alpha value is -1.83. The van der Waals surface area contributed by atoms with Crippen molar-refractivity contribution in [2.45, 2.75) is 0 Å². The molecule has 0 aliphatic heterocycles. The van der Waals surface area contributed by atoms with Crippen LogP contribution in [0.4, 0.5) is 23.2 Å². The number of halogens is 4. The number of nitrogens with zero attached hydrogens (tertiary/aromatic N) is 5. The van der Waals surface area contributed by atoms with E-state index in [1.807, 2.05) is 4.91 Å². The minimum atomic E-state index is -3.18. The molecule has 1 rings (SSSR count). The van der Waals surface area contributed by atoms with Crippen molar-refractivity contribution < 1.29 is 31.6 Å².